The van der Waals surface area contributed by atoms with Gasteiger partial charge in [-0.25, -0.2) is 0 Å². The van der Waals surface area contributed by atoms with E-state index >= 15 is 0 Å². The van der Waals surface area contributed by atoms with Crippen LogP contribution in [-0.2, 0) is 0 Å². The fraction of sp³-hybridized carbons (Fsp3) is 0.533. The third-order valence-electron chi connectivity index (χ3n) is 3.98. The number of rotatable bonds is 3. The summed E-state index contributed by atoms with van der Waals surface area (Å²) in [6.07, 6.45) is 0. The Labute approximate surface area is 115 Å². The van der Waals surface area contributed by atoms with Gasteiger partial charge in [-0.05, 0) is 32.0 Å². The van der Waals surface area contributed by atoms with Crippen LogP contribution in [0.4, 0.5) is 5.69 Å². The van der Waals surface area contributed by atoms with Crippen LogP contribution < -0.4 is 10.6 Å². The molecule has 2 rings (SSSR count). The molecule has 1 aromatic carbocycles. The Hall–Kier alpha value is -1.57. The Balaban J connectivity index is 2.02. The monoisotopic (exact) mass is 258 g/mol. The van der Waals surface area contributed by atoms with E-state index in [9.17, 15) is 0 Å². The van der Waals surface area contributed by atoms with Gasteiger partial charge in [-0.2, -0.15) is 5.26 Å². The van der Waals surface area contributed by atoms with E-state index in [4.69, 9.17) is 11.0 Å². The van der Waals surface area contributed by atoms with Gasteiger partial charge in [0.1, 0.15) is 0 Å². The molecule has 1 fully saturated rings. The highest BCUT2D eigenvalue weighted by Gasteiger charge is 2.28. The molecular formula is C15H22N4. The molecule has 1 aliphatic rings. The zero-order valence-corrected chi connectivity index (χ0v) is 11.8. The summed E-state index contributed by atoms with van der Waals surface area (Å²) in [5.74, 6) is 0. The van der Waals surface area contributed by atoms with E-state index < -0.39 is 0 Å². The minimum absolute atomic E-state index is 0.0700. The minimum atomic E-state index is 0.0700. The quantitative estimate of drug-likeness (QED) is 0.891. The maximum atomic E-state index is 8.95. The normalized spacial score (nSPS) is 17.3. The number of nitrogens with two attached hydrogens (primary N) is 1. The number of hydrogen-bond acceptors (Lipinski definition) is 4. The van der Waals surface area contributed by atoms with Crippen LogP contribution in [0.5, 0.6) is 0 Å². The van der Waals surface area contributed by atoms with Crippen molar-refractivity contribution in [1.82, 2.24) is 4.90 Å². The van der Waals surface area contributed by atoms with Gasteiger partial charge in [0.25, 0.3) is 0 Å². The van der Waals surface area contributed by atoms with Crippen molar-refractivity contribution < 1.29 is 0 Å². The lowest BCUT2D eigenvalue weighted by molar-refractivity contribution is 0.119. The third-order valence-corrected chi connectivity index (χ3v) is 3.98. The molecule has 0 aromatic heterocycles. The third kappa shape index (κ3) is 3.06. The summed E-state index contributed by atoms with van der Waals surface area (Å²) >= 11 is 0. The highest BCUT2D eigenvalue weighted by molar-refractivity contribution is 5.51. The molecule has 1 saturated heterocycles. The first-order valence-corrected chi connectivity index (χ1v) is 6.77. The van der Waals surface area contributed by atoms with E-state index in [0.29, 0.717) is 6.54 Å². The van der Waals surface area contributed by atoms with Crippen LogP contribution in [0.1, 0.15) is 19.4 Å². The lowest BCUT2D eigenvalue weighted by Gasteiger charge is -2.44. The standard InChI is InChI=1S/C15H22N4/c1-15(2,12-17)19-8-6-18(7-9-19)14-5-3-4-13(10-14)11-16/h3-5,10H,6-9,12,17H2,1-2H3. The molecule has 0 radical (unpaired) electrons. The Morgan fingerprint density at radius 2 is 1.95 bits per heavy atom. The van der Waals surface area contributed by atoms with Gasteiger partial charge in [0.15, 0.2) is 0 Å². The molecule has 0 bridgehead atoms. The second-order valence-electron chi connectivity index (χ2n) is 5.65. The Kier molecular flexibility index (Phi) is 4.08. The van der Waals surface area contributed by atoms with Gasteiger partial charge in [-0.15, -0.1) is 0 Å². The van der Waals surface area contributed by atoms with Crippen molar-refractivity contribution in [2.45, 2.75) is 19.4 Å². The largest absolute Gasteiger partial charge is 0.369 e. The molecule has 0 unspecified atom stereocenters. The number of benzene rings is 1. The van der Waals surface area contributed by atoms with Crippen LogP contribution in [0.3, 0.4) is 0 Å². The van der Waals surface area contributed by atoms with Gasteiger partial charge in [0.2, 0.25) is 0 Å². The summed E-state index contributed by atoms with van der Waals surface area (Å²) in [5, 5.41) is 8.95. The molecule has 19 heavy (non-hydrogen) atoms. The number of anilines is 1. The lowest BCUT2D eigenvalue weighted by atomic mass is 10.0. The molecule has 1 heterocycles. The van der Waals surface area contributed by atoms with Crippen LogP contribution in [0.15, 0.2) is 24.3 Å². The fourth-order valence-electron chi connectivity index (χ4n) is 2.47. The SMILES string of the molecule is CC(C)(CN)N1CCN(c2cccc(C#N)c2)CC1. The maximum Gasteiger partial charge on any atom is 0.0992 e. The van der Waals surface area contributed by atoms with Crippen molar-refractivity contribution in [2.24, 2.45) is 5.73 Å². The first-order valence-electron chi connectivity index (χ1n) is 6.77. The van der Waals surface area contributed by atoms with Crippen molar-refractivity contribution >= 4 is 5.69 Å². The van der Waals surface area contributed by atoms with Crippen molar-refractivity contribution in [1.29, 1.82) is 5.26 Å². The molecule has 0 saturated carbocycles. The highest BCUT2D eigenvalue weighted by atomic mass is 15.3. The second-order valence-corrected chi connectivity index (χ2v) is 5.65. The fourth-order valence-corrected chi connectivity index (χ4v) is 2.47. The summed E-state index contributed by atoms with van der Waals surface area (Å²) in [5.41, 5.74) is 7.77. The van der Waals surface area contributed by atoms with Crippen LogP contribution in [-0.4, -0.2) is 43.2 Å². The molecule has 4 heteroatoms. The van der Waals surface area contributed by atoms with Gasteiger partial charge in [0, 0.05) is 44.0 Å². The maximum absolute atomic E-state index is 8.95. The zero-order valence-electron chi connectivity index (χ0n) is 11.8. The average molecular weight is 258 g/mol. The minimum Gasteiger partial charge on any atom is -0.369 e. The molecule has 0 aliphatic carbocycles. The molecule has 4 nitrogen and oxygen atoms in total. The summed E-state index contributed by atoms with van der Waals surface area (Å²) < 4.78 is 0. The molecule has 1 aromatic rings. The second kappa shape index (κ2) is 5.60. The topological polar surface area (TPSA) is 56.3 Å². The van der Waals surface area contributed by atoms with Crippen LogP contribution in [0, 0.1) is 11.3 Å². The highest BCUT2D eigenvalue weighted by Crippen LogP contribution is 2.21. The summed E-state index contributed by atoms with van der Waals surface area (Å²) in [6.45, 7) is 9.06. The van der Waals surface area contributed by atoms with E-state index in [1.807, 2.05) is 18.2 Å². The van der Waals surface area contributed by atoms with Gasteiger partial charge < -0.3 is 10.6 Å². The van der Waals surface area contributed by atoms with E-state index in [-0.39, 0.29) is 5.54 Å². The van der Waals surface area contributed by atoms with E-state index in [1.165, 1.54) is 0 Å². The molecular weight excluding hydrogens is 236 g/mol. The van der Waals surface area contributed by atoms with Gasteiger partial charge in [-0.1, -0.05) is 6.07 Å². The first kappa shape index (κ1) is 13.9. The van der Waals surface area contributed by atoms with Gasteiger partial charge >= 0.3 is 0 Å². The molecule has 1 aliphatic heterocycles. The number of hydrogen-bond donors (Lipinski definition) is 1. The summed E-state index contributed by atoms with van der Waals surface area (Å²) in [4.78, 5) is 4.78. The van der Waals surface area contributed by atoms with Crippen molar-refractivity contribution in [3.05, 3.63) is 29.8 Å². The predicted octanol–water partition coefficient (Wildman–Crippen LogP) is 1.42. The molecule has 0 atom stereocenters. The number of nitriles is 1. The lowest BCUT2D eigenvalue weighted by Crippen LogP contribution is -2.57. The molecule has 0 spiro atoms. The zero-order chi connectivity index (χ0) is 13.9. The van der Waals surface area contributed by atoms with E-state index in [1.54, 1.807) is 0 Å². The Bertz CT molecular complexity index is 467. The predicted molar refractivity (Wildman–Crippen MR) is 78.1 cm³/mol. The van der Waals surface area contributed by atoms with E-state index in [2.05, 4.69) is 35.8 Å². The smallest absolute Gasteiger partial charge is 0.0992 e. The van der Waals surface area contributed by atoms with Crippen LogP contribution in [0.25, 0.3) is 0 Å². The van der Waals surface area contributed by atoms with Crippen molar-refractivity contribution in [2.75, 3.05) is 37.6 Å². The van der Waals surface area contributed by atoms with Crippen molar-refractivity contribution in [3.8, 4) is 6.07 Å². The Morgan fingerprint density at radius 3 is 2.53 bits per heavy atom. The Morgan fingerprint density at radius 1 is 1.26 bits per heavy atom. The first-order chi connectivity index (χ1) is 9.06. The molecule has 0 amide bonds. The van der Waals surface area contributed by atoms with Crippen LogP contribution in [0.2, 0.25) is 0 Å². The summed E-state index contributed by atoms with van der Waals surface area (Å²) in [7, 11) is 0. The number of nitrogens with zero attached hydrogens (tertiary/aromatic N) is 3. The summed E-state index contributed by atoms with van der Waals surface area (Å²) in [6, 6.07) is 10.0. The molecule has 2 N–H and O–H groups in total. The van der Waals surface area contributed by atoms with Gasteiger partial charge in [0.05, 0.1) is 11.6 Å². The van der Waals surface area contributed by atoms with Crippen molar-refractivity contribution in [3.63, 3.8) is 0 Å². The van der Waals surface area contributed by atoms with E-state index in [0.717, 1.165) is 37.4 Å². The van der Waals surface area contributed by atoms with Gasteiger partial charge in [-0.3, -0.25) is 4.90 Å². The van der Waals surface area contributed by atoms with Crippen LogP contribution >= 0.6 is 0 Å². The molecule has 102 valence electrons. The average Bonchev–Trinajstić information content (AvgIpc) is 2.47. The number of piperazine rings is 1.